The first-order valence-corrected chi connectivity index (χ1v) is 6.72. The van der Waals surface area contributed by atoms with Gasteiger partial charge in [-0.05, 0) is 54.9 Å². The molecule has 1 aromatic rings. The second-order valence-electron chi connectivity index (χ2n) is 5.62. The van der Waals surface area contributed by atoms with Gasteiger partial charge < -0.3 is 14.2 Å². The zero-order valence-corrected chi connectivity index (χ0v) is 10.9. The summed E-state index contributed by atoms with van der Waals surface area (Å²) in [5, 5.41) is 0. The summed E-state index contributed by atoms with van der Waals surface area (Å²) in [4.78, 5) is 0. The summed E-state index contributed by atoms with van der Waals surface area (Å²) in [6.07, 6.45) is 5.22. The van der Waals surface area contributed by atoms with E-state index in [2.05, 4.69) is 12.1 Å². The zero-order valence-electron chi connectivity index (χ0n) is 10.9. The third-order valence-corrected chi connectivity index (χ3v) is 4.97. The number of benzene rings is 1. The van der Waals surface area contributed by atoms with Gasteiger partial charge >= 0.3 is 0 Å². The van der Waals surface area contributed by atoms with E-state index >= 15 is 0 Å². The Balaban J connectivity index is 1.91. The van der Waals surface area contributed by atoms with Crippen LogP contribution in [-0.4, -0.2) is 14.2 Å². The molecule has 1 aliphatic carbocycles. The fourth-order valence-corrected chi connectivity index (χ4v) is 4.21. The molecule has 3 atom stereocenters. The van der Waals surface area contributed by atoms with E-state index in [0.29, 0.717) is 5.92 Å². The minimum absolute atomic E-state index is 0.000445. The monoisotopic (exact) mass is 246 g/mol. The third kappa shape index (κ3) is 1.09. The standard InChI is InChI=1S/C15H18O3/c1-16-13-7-10-11(8-14(13)17-2)15-5-3-4-9(15)6-12(10)18-15/h7-9,12H,3-6H2,1-2H3/t9?,12-,15+/m0/s1. The van der Waals surface area contributed by atoms with Gasteiger partial charge in [-0.15, -0.1) is 0 Å². The Morgan fingerprint density at radius 2 is 2.00 bits per heavy atom. The van der Waals surface area contributed by atoms with E-state index in [4.69, 9.17) is 14.2 Å². The lowest BCUT2D eigenvalue weighted by Gasteiger charge is -2.28. The Labute approximate surface area is 107 Å². The summed E-state index contributed by atoms with van der Waals surface area (Å²) in [7, 11) is 3.39. The van der Waals surface area contributed by atoms with Crippen LogP contribution in [0, 0.1) is 5.92 Å². The third-order valence-electron chi connectivity index (χ3n) is 4.97. The first-order valence-electron chi connectivity index (χ1n) is 6.72. The van der Waals surface area contributed by atoms with Crippen molar-refractivity contribution in [2.45, 2.75) is 37.4 Å². The molecule has 3 nitrogen and oxygen atoms in total. The predicted octanol–water partition coefficient (Wildman–Crippen LogP) is 3.17. The molecule has 0 radical (unpaired) electrons. The van der Waals surface area contributed by atoms with Gasteiger partial charge in [0.15, 0.2) is 11.5 Å². The van der Waals surface area contributed by atoms with Gasteiger partial charge in [0.1, 0.15) is 0 Å². The fraction of sp³-hybridized carbons (Fsp3) is 0.600. The van der Waals surface area contributed by atoms with Crippen LogP contribution in [-0.2, 0) is 10.3 Å². The molecule has 0 aromatic heterocycles. The Bertz CT molecular complexity index is 511. The van der Waals surface area contributed by atoms with Crippen LogP contribution in [0.2, 0.25) is 0 Å². The molecule has 2 aliphatic heterocycles. The lowest BCUT2D eigenvalue weighted by Crippen LogP contribution is -2.26. The number of hydrogen-bond acceptors (Lipinski definition) is 3. The van der Waals surface area contributed by atoms with Crippen molar-refractivity contribution in [3.8, 4) is 11.5 Å². The summed E-state index contributed by atoms with van der Waals surface area (Å²) in [5.41, 5.74) is 2.68. The molecule has 0 N–H and O–H groups in total. The molecule has 18 heavy (non-hydrogen) atoms. The number of methoxy groups -OCH3 is 2. The highest BCUT2D eigenvalue weighted by Crippen LogP contribution is 2.65. The van der Waals surface area contributed by atoms with Gasteiger partial charge in [0, 0.05) is 0 Å². The highest BCUT2D eigenvalue weighted by Gasteiger charge is 2.59. The molecule has 1 spiro atoms. The molecule has 2 heterocycles. The molecule has 1 aromatic carbocycles. The average Bonchev–Trinajstić information content (AvgIpc) is 3.03. The maximum absolute atomic E-state index is 6.34. The van der Waals surface area contributed by atoms with E-state index in [1.165, 1.54) is 30.4 Å². The molecule has 2 bridgehead atoms. The van der Waals surface area contributed by atoms with Crippen molar-refractivity contribution in [1.82, 2.24) is 0 Å². The molecule has 1 unspecified atom stereocenters. The highest BCUT2D eigenvalue weighted by molar-refractivity contribution is 5.54. The lowest BCUT2D eigenvalue weighted by atomic mass is 9.76. The van der Waals surface area contributed by atoms with Crippen molar-refractivity contribution in [1.29, 1.82) is 0 Å². The van der Waals surface area contributed by atoms with E-state index < -0.39 is 0 Å². The summed E-state index contributed by atoms with van der Waals surface area (Å²) in [5.74, 6) is 2.36. The Hall–Kier alpha value is -1.22. The quantitative estimate of drug-likeness (QED) is 0.802. The van der Waals surface area contributed by atoms with Crippen LogP contribution in [0.4, 0.5) is 0 Å². The normalized spacial score (nSPS) is 35.4. The van der Waals surface area contributed by atoms with Crippen LogP contribution < -0.4 is 9.47 Å². The number of hydrogen-bond donors (Lipinski definition) is 0. The van der Waals surface area contributed by atoms with Gasteiger partial charge in [-0.1, -0.05) is 0 Å². The van der Waals surface area contributed by atoms with Crippen molar-refractivity contribution >= 4 is 0 Å². The molecule has 1 saturated carbocycles. The van der Waals surface area contributed by atoms with Crippen LogP contribution >= 0.6 is 0 Å². The molecule has 0 amide bonds. The van der Waals surface area contributed by atoms with Gasteiger partial charge in [0.2, 0.25) is 0 Å². The van der Waals surface area contributed by atoms with Gasteiger partial charge in [0.05, 0.1) is 25.9 Å². The van der Waals surface area contributed by atoms with Crippen LogP contribution in [0.1, 0.15) is 42.9 Å². The topological polar surface area (TPSA) is 27.7 Å². The van der Waals surface area contributed by atoms with E-state index in [1.807, 2.05) is 0 Å². The van der Waals surface area contributed by atoms with Crippen LogP contribution in [0.3, 0.4) is 0 Å². The molecule has 3 heteroatoms. The van der Waals surface area contributed by atoms with E-state index in [0.717, 1.165) is 17.9 Å². The van der Waals surface area contributed by atoms with Crippen molar-refractivity contribution in [2.24, 2.45) is 5.92 Å². The predicted molar refractivity (Wildman–Crippen MR) is 67.0 cm³/mol. The van der Waals surface area contributed by atoms with Gasteiger partial charge in [-0.3, -0.25) is 0 Å². The van der Waals surface area contributed by atoms with Crippen molar-refractivity contribution < 1.29 is 14.2 Å². The minimum atomic E-state index is -0.000445. The first-order chi connectivity index (χ1) is 8.78. The Morgan fingerprint density at radius 1 is 1.22 bits per heavy atom. The molecular formula is C15H18O3. The summed E-state index contributed by atoms with van der Waals surface area (Å²) >= 11 is 0. The smallest absolute Gasteiger partial charge is 0.161 e. The van der Waals surface area contributed by atoms with E-state index in [9.17, 15) is 0 Å². The van der Waals surface area contributed by atoms with Crippen molar-refractivity contribution in [2.75, 3.05) is 14.2 Å². The Morgan fingerprint density at radius 3 is 2.78 bits per heavy atom. The van der Waals surface area contributed by atoms with Crippen LogP contribution in [0.5, 0.6) is 11.5 Å². The van der Waals surface area contributed by atoms with Crippen LogP contribution in [0.15, 0.2) is 12.1 Å². The number of ether oxygens (including phenoxy) is 3. The number of rotatable bonds is 2. The molecule has 3 aliphatic rings. The maximum Gasteiger partial charge on any atom is 0.161 e. The van der Waals surface area contributed by atoms with Crippen molar-refractivity contribution in [3.05, 3.63) is 23.3 Å². The van der Waals surface area contributed by atoms with Gasteiger partial charge in [0.25, 0.3) is 0 Å². The fourth-order valence-electron chi connectivity index (χ4n) is 4.21. The van der Waals surface area contributed by atoms with E-state index in [1.54, 1.807) is 14.2 Å². The highest BCUT2D eigenvalue weighted by atomic mass is 16.5. The molecule has 2 fully saturated rings. The molecule has 1 saturated heterocycles. The SMILES string of the molecule is COc1cc2c(cc1OC)[C@@]13CCCC1C[C@@H]2O3. The molecule has 4 rings (SSSR count). The maximum atomic E-state index is 6.34. The van der Waals surface area contributed by atoms with Crippen molar-refractivity contribution in [3.63, 3.8) is 0 Å². The molecular weight excluding hydrogens is 228 g/mol. The second kappa shape index (κ2) is 3.41. The zero-order chi connectivity index (χ0) is 12.3. The Kier molecular flexibility index (Phi) is 2.03. The summed E-state index contributed by atoms with van der Waals surface area (Å²) < 4.78 is 17.2. The van der Waals surface area contributed by atoms with E-state index in [-0.39, 0.29) is 11.7 Å². The first kappa shape index (κ1) is 10.7. The molecule has 96 valence electrons. The average molecular weight is 246 g/mol. The van der Waals surface area contributed by atoms with Gasteiger partial charge in [-0.25, -0.2) is 0 Å². The summed E-state index contributed by atoms with van der Waals surface area (Å²) in [6, 6.07) is 4.26. The lowest BCUT2D eigenvalue weighted by molar-refractivity contribution is -0.0304. The van der Waals surface area contributed by atoms with Crippen LogP contribution in [0.25, 0.3) is 0 Å². The largest absolute Gasteiger partial charge is 0.493 e. The minimum Gasteiger partial charge on any atom is -0.493 e. The van der Waals surface area contributed by atoms with Gasteiger partial charge in [-0.2, -0.15) is 0 Å². The summed E-state index contributed by atoms with van der Waals surface area (Å²) in [6.45, 7) is 0. The second-order valence-corrected chi connectivity index (χ2v) is 5.62. The number of fused-ring (bicyclic) bond motifs is 3.